The molecule has 8 heteroatoms. The molecule has 0 aliphatic heterocycles. The highest BCUT2D eigenvalue weighted by atomic mass is 16.5. The second-order valence-corrected chi connectivity index (χ2v) is 7.80. The molecule has 0 unspecified atom stereocenters. The van der Waals surface area contributed by atoms with Gasteiger partial charge in [0.15, 0.2) is 0 Å². The van der Waals surface area contributed by atoms with Crippen LogP contribution in [0.4, 0.5) is 5.82 Å². The van der Waals surface area contributed by atoms with E-state index in [0.717, 1.165) is 39.5 Å². The number of aryl methyl sites for hydroxylation is 3. The first-order valence-corrected chi connectivity index (χ1v) is 9.97. The molecule has 0 saturated carbocycles. The molecule has 0 saturated heterocycles. The van der Waals surface area contributed by atoms with Gasteiger partial charge in [-0.2, -0.15) is 4.98 Å². The maximum absolute atomic E-state index is 9.08. The molecule has 0 aliphatic rings. The minimum atomic E-state index is -0.415. The van der Waals surface area contributed by atoms with Gasteiger partial charge in [0, 0.05) is 22.9 Å². The van der Waals surface area contributed by atoms with Crippen LogP contribution in [0.2, 0.25) is 0 Å². The van der Waals surface area contributed by atoms with E-state index in [1.165, 1.54) is 0 Å². The second-order valence-electron chi connectivity index (χ2n) is 7.80. The first-order valence-electron chi connectivity index (χ1n) is 9.97. The van der Waals surface area contributed by atoms with Crippen molar-refractivity contribution in [3.8, 4) is 28.6 Å². The van der Waals surface area contributed by atoms with Crippen LogP contribution < -0.4 is 15.8 Å². The zero-order valence-electron chi connectivity index (χ0n) is 18.1. The Kier molecular flexibility index (Phi) is 6.69. The minimum Gasteiger partial charge on any atom is -0.491 e. The lowest BCUT2D eigenvalue weighted by atomic mass is 10.1. The maximum Gasteiger partial charge on any atom is 0.258 e. The van der Waals surface area contributed by atoms with Gasteiger partial charge in [0.1, 0.15) is 18.2 Å². The molecule has 2 heterocycles. The molecular weight excluding hydrogens is 382 g/mol. The number of nitrogens with one attached hydrogen (secondary N) is 1. The highest BCUT2D eigenvalue weighted by Crippen LogP contribution is 2.30. The van der Waals surface area contributed by atoms with Crippen LogP contribution in [0.5, 0.6) is 5.75 Å². The number of ether oxygens (including phenoxy) is 1. The quantitative estimate of drug-likeness (QED) is 0.517. The van der Waals surface area contributed by atoms with Crippen LogP contribution in [0, 0.1) is 20.8 Å². The Morgan fingerprint density at radius 2 is 1.77 bits per heavy atom. The van der Waals surface area contributed by atoms with Gasteiger partial charge in [0.25, 0.3) is 5.89 Å². The molecule has 1 aromatic carbocycles. The summed E-state index contributed by atoms with van der Waals surface area (Å²) in [7, 11) is 0. The third-order valence-electron chi connectivity index (χ3n) is 4.46. The summed E-state index contributed by atoms with van der Waals surface area (Å²) >= 11 is 0. The molecule has 8 nitrogen and oxygen atoms in total. The largest absolute Gasteiger partial charge is 0.491 e. The normalized spacial score (nSPS) is 12.3. The number of anilines is 1. The van der Waals surface area contributed by atoms with E-state index in [1.807, 2.05) is 45.0 Å². The van der Waals surface area contributed by atoms with Crippen molar-refractivity contribution in [3.63, 3.8) is 0 Å². The fourth-order valence-corrected chi connectivity index (χ4v) is 3.17. The third kappa shape index (κ3) is 5.14. The van der Waals surface area contributed by atoms with Gasteiger partial charge in [-0.15, -0.1) is 0 Å². The summed E-state index contributed by atoms with van der Waals surface area (Å²) in [4.78, 5) is 9.08. The highest BCUT2D eigenvalue weighted by Gasteiger charge is 2.16. The van der Waals surface area contributed by atoms with E-state index in [-0.39, 0.29) is 19.3 Å². The lowest BCUT2D eigenvalue weighted by molar-refractivity contribution is 0.205. The molecule has 0 bridgehead atoms. The standard InChI is InChI=1S/C22H29N5O3/c1-12(2)24-19-9-17(8-15(5)25-19)22-26-21(27-30-22)16-6-13(3)20(14(4)7-16)29-11-18(23)10-28/h6-9,12,18,28H,10-11,23H2,1-5H3,(H,24,25)/t18-/m1/s1. The van der Waals surface area contributed by atoms with Crippen LogP contribution in [-0.4, -0.2) is 45.5 Å². The van der Waals surface area contributed by atoms with Crippen LogP contribution in [0.15, 0.2) is 28.8 Å². The van der Waals surface area contributed by atoms with Gasteiger partial charge in [0.2, 0.25) is 5.82 Å². The number of pyridine rings is 1. The summed E-state index contributed by atoms with van der Waals surface area (Å²) in [6.45, 7) is 10.1. The van der Waals surface area contributed by atoms with E-state index in [2.05, 4.69) is 34.3 Å². The first kappa shape index (κ1) is 21.7. The monoisotopic (exact) mass is 411 g/mol. The fourth-order valence-electron chi connectivity index (χ4n) is 3.17. The zero-order chi connectivity index (χ0) is 21.8. The molecule has 4 N–H and O–H groups in total. The van der Waals surface area contributed by atoms with Crippen LogP contribution in [0.3, 0.4) is 0 Å². The molecule has 3 aromatic rings. The molecule has 0 fully saturated rings. The topological polar surface area (TPSA) is 119 Å². The summed E-state index contributed by atoms with van der Waals surface area (Å²) in [5.41, 5.74) is 10.1. The van der Waals surface area contributed by atoms with Crippen molar-refractivity contribution in [1.82, 2.24) is 15.1 Å². The van der Waals surface area contributed by atoms with Crippen molar-refractivity contribution in [3.05, 3.63) is 41.1 Å². The van der Waals surface area contributed by atoms with Crippen molar-refractivity contribution in [2.75, 3.05) is 18.5 Å². The third-order valence-corrected chi connectivity index (χ3v) is 4.46. The van der Waals surface area contributed by atoms with Crippen molar-refractivity contribution in [2.24, 2.45) is 5.73 Å². The van der Waals surface area contributed by atoms with Gasteiger partial charge in [0.05, 0.1) is 12.6 Å². The lowest BCUT2D eigenvalue weighted by Crippen LogP contribution is -2.31. The van der Waals surface area contributed by atoms with E-state index in [4.69, 9.17) is 20.1 Å². The number of nitrogens with zero attached hydrogens (tertiary/aromatic N) is 3. The van der Waals surface area contributed by atoms with Crippen LogP contribution in [-0.2, 0) is 0 Å². The smallest absolute Gasteiger partial charge is 0.258 e. The molecular formula is C22H29N5O3. The number of benzene rings is 1. The second kappa shape index (κ2) is 9.23. The molecule has 2 aromatic heterocycles. The van der Waals surface area contributed by atoms with Gasteiger partial charge in [-0.1, -0.05) is 5.16 Å². The number of aromatic nitrogens is 3. The first-order chi connectivity index (χ1) is 14.3. The summed E-state index contributed by atoms with van der Waals surface area (Å²) in [5, 5.41) is 16.5. The molecule has 1 atom stereocenters. The Morgan fingerprint density at radius 1 is 1.07 bits per heavy atom. The predicted molar refractivity (Wildman–Crippen MR) is 116 cm³/mol. The Morgan fingerprint density at radius 3 is 2.40 bits per heavy atom. The van der Waals surface area contributed by atoms with E-state index in [0.29, 0.717) is 11.7 Å². The Bertz CT molecular complexity index is 993. The van der Waals surface area contributed by atoms with E-state index in [1.54, 1.807) is 0 Å². The van der Waals surface area contributed by atoms with Crippen LogP contribution in [0.1, 0.15) is 30.7 Å². The molecule has 0 spiro atoms. The average Bonchev–Trinajstić information content (AvgIpc) is 3.16. The van der Waals surface area contributed by atoms with Crippen molar-refractivity contribution < 1.29 is 14.4 Å². The molecule has 0 radical (unpaired) electrons. The predicted octanol–water partition coefficient (Wildman–Crippen LogP) is 3.24. The maximum atomic E-state index is 9.08. The molecule has 30 heavy (non-hydrogen) atoms. The summed E-state index contributed by atoms with van der Waals surface area (Å²) in [6, 6.07) is 7.57. The summed E-state index contributed by atoms with van der Waals surface area (Å²) < 4.78 is 11.3. The van der Waals surface area contributed by atoms with Crippen LogP contribution in [0.25, 0.3) is 22.8 Å². The van der Waals surface area contributed by atoms with Crippen molar-refractivity contribution in [1.29, 1.82) is 0 Å². The summed E-state index contributed by atoms with van der Waals surface area (Å²) in [6.07, 6.45) is 0. The van der Waals surface area contributed by atoms with Gasteiger partial charge in [-0.3, -0.25) is 0 Å². The minimum absolute atomic E-state index is 0.120. The Labute approximate surface area is 176 Å². The van der Waals surface area contributed by atoms with Gasteiger partial charge >= 0.3 is 0 Å². The molecule has 0 amide bonds. The number of hydrogen-bond donors (Lipinski definition) is 3. The van der Waals surface area contributed by atoms with Crippen molar-refractivity contribution >= 4 is 5.82 Å². The Balaban J connectivity index is 1.87. The van der Waals surface area contributed by atoms with E-state index < -0.39 is 6.04 Å². The number of rotatable bonds is 8. The number of aliphatic hydroxyl groups is 1. The number of aliphatic hydroxyl groups excluding tert-OH is 1. The average molecular weight is 412 g/mol. The molecule has 0 aliphatic carbocycles. The number of nitrogens with two attached hydrogens (primary N) is 1. The highest BCUT2D eigenvalue weighted by molar-refractivity contribution is 5.65. The van der Waals surface area contributed by atoms with E-state index >= 15 is 0 Å². The summed E-state index contributed by atoms with van der Waals surface area (Å²) in [5.74, 6) is 2.46. The fraction of sp³-hybridized carbons (Fsp3) is 0.409. The number of hydrogen-bond acceptors (Lipinski definition) is 8. The Hall–Kier alpha value is -2.97. The van der Waals surface area contributed by atoms with Crippen LogP contribution >= 0.6 is 0 Å². The van der Waals surface area contributed by atoms with Gasteiger partial charge in [-0.05, 0) is 70.0 Å². The zero-order valence-corrected chi connectivity index (χ0v) is 18.1. The van der Waals surface area contributed by atoms with Crippen molar-refractivity contribution in [2.45, 2.75) is 46.7 Å². The molecule has 3 rings (SSSR count). The van der Waals surface area contributed by atoms with E-state index in [9.17, 15) is 0 Å². The van der Waals surface area contributed by atoms with Gasteiger partial charge < -0.3 is 25.4 Å². The molecule has 160 valence electrons. The lowest BCUT2D eigenvalue weighted by Gasteiger charge is -2.15. The SMILES string of the molecule is Cc1cc(-c2nc(-c3cc(C)c(OC[C@H](N)CO)c(C)c3)no2)cc(NC(C)C)n1. The van der Waals surface area contributed by atoms with Gasteiger partial charge in [-0.25, -0.2) is 4.98 Å².